The van der Waals surface area contributed by atoms with Gasteiger partial charge in [-0.05, 0) is 18.1 Å². The number of methoxy groups -OCH3 is 1. The molecule has 2 saturated heterocycles. The van der Waals surface area contributed by atoms with E-state index in [9.17, 15) is 19.2 Å². The Hall–Kier alpha value is -2.62. The van der Waals surface area contributed by atoms with Crippen LogP contribution in [-0.4, -0.2) is 66.9 Å². The van der Waals surface area contributed by atoms with Crippen LogP contribution in [0, 0.1) is 0 Å². The first kappa shape index (κ1) is 18.7. The van der Waals surface area contributed by atoms with Gasteiger partial charge in [0.15, 0.2) is 0 Å². The minimum absolute atomic E-state index is 0.102. The molecule has 0 saturated carbocycles. The lowest BCUT2D eigenvalue weighted by molar-refractivity contribution is -0.136. The lowest BCUT2D eigenvalue weighted by Gasteiger charge is -2.43. The third-order valence-electron chi connectivity index (χ3n) is 5.56. The smallest absolute Gasteiger partial charge is 0.262 e. The van der Waals surface area contributed by atoms with Crippen LogP contribution in [0.15, 0.2) is 18.2 Å². The number of carbonyl (C=O) groups excluding carboxylic acids is 4. The van der Waals surface area contributed by atoms with E-state index in [-0.39, 0.29) is 24.3 Å². The van der Waals surface area contributed by atoms with Gasteiger partial charge in [-0.1, -0.05) is 12.1 Å². The average molecular weight is 386 g/mol. The lowest BCUT2D eigenvalue weighted by Crippen LogP contribution is -2.69. The number of rotatable bonds is 6. The molecule has 1 atom stereocenters. The Morgan fingerprint density at radius 2 is 2.00 bits per heavy atom. The van der Waals surface area contributed by atoms with Crippen molar-refractivity contribution in [2.24, 2.45) is 0 Å². The molecule has 28 heavy (non-hydrogen) atoms. The maximum atomic E-state index is 13.1. The van der Waals surface area contributed by atoms with E-state index in [4.69, 9.17) is 4.74 Å². The molecular formula is C19H22N4O5. The summed E-state index contributed by atoms with van der Waals surface area (Å²) in [4.78, 5) is 50.5. The first-order chi connectivity index (χ1) is 13.5. The van der Waals surface area contributed by atoms with Crippen molar-refractivity contribution in [1.29, 1.82) is 0 Å². The highest BCUT2D eigenvalue weighted by molar-refractivity contribution is 6.24. The fourth-order valence-corrected chi connectivity index (χ4v) is 4.00. The van der Waals surface area contributed by atoms with Crippen LogP contribution in [0.4, 0.5) is 0 Å². The largest absolute Gasteiger partial charge is 0.383 e. The molecule has 1 aromatic rings. The summed E-state index contributed by atoms with van der Waals surface area (Å²) in [5.74, 6) is -1.97. The van der Waals surface area contributed by atoms with E-state index >= 15 is 0 Å². The van der Waals surface area contributed by atoms with E-state index in [1.54, 1.807) is 25.3 Å². The molecule has 4 amide bonds. The number of ether oxygens (including phenoxy) is 1. The number of hydrogen-bond acceptors (Lipinski definition) is 7. The second kappa shape index (κ2) is 7.08. The van der Waals surface area contributed by atoms with Gasteiger partial charge in [-0.3, -0.25) is 29.4 Å². The van der Waals surface area contributed by atoms with Gasteiger partial charge in [0, 0.05) is 33.2 Å². The summed E-state index contributed by atoms with van der Waals surface area (Å²) in [6, 6.07) is 4.18. The highest BCUT2D eigenvalue weighted by atomic mass is 16.5. The fourth-order valence-electron chi connectivity index (χ4n) is 4.00. The zero-order valence-corrected chi connectivity index (χ0v) is 15.5. The highest BCUT2D eigenvalue weighted by Crippen LogP contribution is 2.30. The molecule has 3 N–H and O–H groups in total. The van der Waals surface area contributed by atoms with Gasteiger partial charge in [0.05, 0.1) is 23.3 Å². The van der Waals surface area contributed by atoms with Gasteiger partial charge in [-0.25, -0.2) is 0 Å². The third-order valence-corrected chi connectivity index (χ3v) is 5.56. The molecule has 0 bridgehead atoms. The Balaban J connectivity index is 1.58. The van der Waals surface area contributed by atoms with Gasteiger partial charge in [-0.2, -0.15) is 0 Å². The molecule has 0 spiro atoms. The second-order valence-corrected chi connectivity index (χ2v) is 7.46. The van der Waals surface area contributed by atoms with Gasteiger partial charge in [0.1, 0.15) is 6.04 Å². The fraction of sp³-hybridized carbons (Fsp3) is 0.474. The Morgan fingerprint density at radius 3 is 2.64 bits per heavy atom. The number of nitrogens with one attached hydrogen (secondary N) is 3. The van der Waals surface area contributed by atoms with E-state index < -0.39 is 23.8 Å². The first-order valence-corrected chi connectivity index (χ1v) is 9.24. The van der Waals surface area contributed by atoms with Crippen molar-refractivity contribution in [1.82, 2.24) is 20.9 Å². The van der Waals surface area contributed by atoms with Gasteiger partial charge >= 0.3 is 0 Å². The topological polar surface area (TPSA) is 117 Å². The quantitative estimate of drug-likeness (QED) is 0.546. The van der Waals surface area contributed by atoms with Gasteiger partial charge < -0.3 is 15.4 Å². The number of imide groups is 2. The van der Waals surface area contributed by atoms with Crippen molar-refractivity contribution < 1.29 is 23.9 Å². The Bertz CT molecular complexity index is 864. The highest BCUT2D eigenvalue weighted by Gasteiger charge is 2.45. The van der Waals surface area contributed by atoms with Gasteiger partial charge in [0.2, 0.25) is 11.8 Å². The van der Waals surface area contributed by atoms with E-state index in [1.165, 1.54) is 0 Å². The molecule has 1 unspecified atom stereocenters. The van der Waals surface area contributed by atoms with Crippen LogP contribution in [0.2, 0.25) is 0 Å². The van der Waals surface area contributed by atoms with Gasteiger partial charge in [-0.15, -0.1) is 0 Å². The molecule has 0 radical (unpaired) electrons. The summed E-state index contributed by atoms with van der Waals surface area (Å²) in [7, 11) is 1.64. The number of benzene rings is 1. The maximum Gasteiger partial charge on any atom is 0.262 e. The number of nitrogens with zero attached hydrogens (tertiary/aromatic N) is 1. The minimum Gasteiger partial charge on any atom is -0.383 e. The molecule has 9 nitrogen and oxygen atoms in total. The van der Waals surface area contributed by atoms with Crippen molar-refractivity contribution in [2.75, 3.05) is 26.8 Å². The van der Waals surface area contributed by atoms with Crippen LogP contribution in [0.5, 0.6) is 0 Å². The van der Waals surface area contributed by atoms with E-state index in [2.05, 4.69) is 16.0 Å². The monoisotopic (exact) mass is 386 g/mol. The summed E-state index contributed by atoms with van der Waals surface area (Å²) in [5, 5.41) is 8.84. The number of hydrogen-bond donors (Lipinski definition) is 3. The maximum absolute atomic E-state index is 13.1. The molecule has 9 heteroatoms. The van der Waals surface area contributed by atoms with Crippen LogP contribution in [-0.2, 0) is 20.9 Å². The van der Waals surface area contributed by atoms with Crippen molar-refractivity contribution in [3.8, 4) is 0 Å². The van der Waals surface area contributed by atoms with Crippen LogP contribution < -0.4 is 16.0 Å². The van der Waals surface area contributed by atoms with Crippen molar-refractivity contribution >= 4 is 23.6 Å². The number of carbonyl (C=O) groups is 4. The first-order valence-electron chi connectivity index (χ1n) is 9.24. The van der Waals surface area contributed by atoms with E-state index in [0.717, 1.165) is 18.0 Å². The van der Waals surface area contributed by atoms with E-state index in [1.807, 2.05) is 0 Å². The van der Waals surface area contributed by atoms with Crippen LogP contribution in [0.25, 0.3) is 0 Å². The predicted octanol–water partition coefficient (Wildman–Crippen LogP) is -0.834. The molecule has 2 fully saturated rings. The van der Waals surface area contributed by atoms with Crippen LogP contribution in [0.3, 0.4) is 0 Å². The van der Waals surface area contributed by atoms with Crippen LogP contribution in [0.1, 0.15) is 39.1 Å². The molecular weight excluding hydrogens is 364 g/mol. The zero-order chi connectivity index (χ0) is 19.9. The Kier molecular flexibility index (Phi) is 4.74. The normalized spacial score (nSPS) is 23.5. The summed E-state index contributed by atoms with van der Waals surface area (Å²) < 4.78 is 5.28. The van der Waals surface area contributed by atoms with Crippen LogP contribution >= 0.6 is 0 Å². The summed E-state index contributed by atoms with van der Waals surface area (Å²) >= 11 is 0. The number of piperidine rings is 1. The molecule has 3 aliphatic rings. The lowest BCUT2D eigenvalue weighted by atomic mass is 9.92. The SMILES string of the molecule is COCC1(NCc2cccc3c2C(=O)N(C2CCC(=O)NC2=O)C3=O)CNC1. The number of amides is 4. The van der Waals surface area contributed by atoms with Gasteiger partial charge in [0.25, 0.3) is 11.8 Å². The number of fused-ring (bicyclic) bond motifs is 1. The second-order valence-electron chi connectivity index (χ2n) is 7.46. The van der Waals surface area contributed by atoms with E-state index in [0.29, 0.717) is 29.8 Å². The molecule has 3 heterocycles. The summed E-state index contributed by atoms with van der Waals surface area (Å²) in [6.45, 7) is 2.44. The van der Waals surface area contributed by atoms with Crippen molar-refractivity contribution in [3.63, 3.8) is 0 Å². The Morgan fingerprint density at radius 1 is 1.21 bits per heavy atom. The molecule has 3 aliphatic heterocycles. The van der Waals surface area contributed by atoms with Crippen molar-refractivity contribution in [2.45, 2.75) is 31.0 Å². The molecule has 148 valence electrons. The zero-order valence-electron chi connectivity index (χ0n) is 15.5. The average Bonchev–Trinajstić information content (AvgIpc) is 2.89. The molecule has 1 aromatic carbocycles. The Labute approximate surface area is 161 Å². The predicted molar refractivity (Wildman–Crippen MR) is 97.4 cm³/mol. The summed E-state index contributed by atoms with van der Waals surface area (Å²) in [5.41, 5.74) is 1.12. The molecule has 0 aromatic heterocycles. The van der Waals surface area contributed by atoms with Crippen molar-refractivity contribution in [3.05, 3.63) is 34.9 Å². The standard InChI is InChI=1S/C19H22N4O5/c1-28-10-19(8-20-9-19)21-7-11-3-2-4-12-15(11)18(27)23(17(12)26)13-5-6-14(24)22-16(13)25/h2-4,13,20-21H,5-10H2,1H3,(H,22,24,25). The molecule has 4 rings (SSSR count). The third kappa shape index (κ3) is 3.01. The minimum atomic E-state index is -0.957. The summed E-state index contributed by atoms with van der Waals surface area (Å²) in [6.07, 6.45) is 0.247. The molecule has 0 aliphatic carbocycles.